The van der Waals surface area contributed by atoms with Gasteiger partial charge >= 0.3 is 0 Å². The molecule has 0 atom stereocenters. The zero-order valence-electron chi connectivity index (χ0n) is 6.16. The molecule has 0 aromatic heterocycles. The Labute approximate surface area is 77.1 Å². The molecule has 11 heavy (non-hydrogen) atoms. The molecule has 0 bridgehead atoms. The van der Waals surface area contributed by atoms with Crippen molar-refractivity contribution in [2.45, 2.75) is 9.79 Å². The molecule has 0 amide bonds. The topological polar surface area (TPSA) is 0 Å². The smallest absolute Gasteiger partial charge is 0.0209 e. The Kier molecular flexibility index (Phi) is 3.60. The summed E-state index contributed by atoms with van der Waals surface area (Å²) in [7, 11) is 0. The van der Waals surface area contributed by atoms with Gasteiger partial charge in [0.1, 0.15) is 0 Å². The van der Waals surface area contributed by atoms with E-state index < -0.39 is 0 Å². The molecule has 58 valence electrons. The maximum atomic E-state index is 4.32. The van der Waals surface area contributed by atoms with Crippen molar-refractivity contribution >= 4 is 24.4 Å². The predicted octanol–water partition coefficient (Wildman–Crippen LogP) is 3.25. The van der Waals surface area contributed by atoms with E-state index >= 15 is 0 Å². The first-order valence-electron chi connectivity index (χ1n) is 3.36. The summed E-state index contributed by atoms with van der Waals surface area (Å²) < 4.78 is 0. The molecule has 0 fully saturated rings. The minimum Gasteiger partial charge on any atom is -0.142 e. The monoisotopic (exact) mass is 182 g/mol. The van der Waals surface area contributed by atoms with Crippen LogP contribution < -0.4 is 0 Å². The normalized spacial score (nSPS) is 9.55. The van der Waals surface area contributed by atoms with Crippen LogP contribution in [0.5, 0.6) is 0 Å². The van der Waals surface area contributed by atoms with Gasteiger partial charge in [-0.05, 0) is 12.1 Å². The second-order valence-corrected chi connectivity index (χ2v) is 3.61. The zero-order chi connectivity index (χ0) is 8.10. The molecule has 0 aliphatic heterocycles. The van der Waals surface area contributed by atoms with E-state index in [1.807, 2.05) is 24.3 Å². The summed E-state index contributed by atoms with van der Waals surface area (Å²) in [6, 6.07) is 8.07. The molecule has 1 rings (SSSR count). The number of thiol groups is 1. The van der Waals surface area contributed by atoms with Gasteiger partial charge in [0.15, 0.2) is 0 Å². The summed E-state index contributed by atoms with van der Waals surface area (Å²) in [5, 5.41) is 0. The van der Waals surface area contributed by atoms with E-state index in [2.05, 4.69) is 25.3 Å². The van der Waals surface area contributed by atoms with Gasteiger partial charge in [-0.3, -0.25) is 0 Å². The molecule has 0 heterocycles. The van der Waals surface area contributed by atoms with Crippen molar-refractivity contribution in [1.29, 1.82) is 0 Å². The van der Waals surface area contributed by atoms with E-state index in [0.717, 1.165) is 10.6 Å². The predicted molar refractivity (Wildman–Crippen MR) is 54.6 cm³/mol. The number of rotatable bonds is 3. The summed E-state index contributed by atoms with van der Waals surface area (Å²) in [4.78, 5) is 2.26. The molecule has 0 saturated carbocycles. The molecule has 0 aliphatic rings. The van der Waals surface area contributed by atoms with Crippen LogP contribution in [0.25, 0.3) is 0 Å². The van der Waals surface area contributed by atoms with Gasteiger partial charge < -0.3 is 0 Å². The SMILES string of the molecule is C=CCSc1ccccc1S. The van der Waals surface area contributed by atoms with Gasteiger partial charge in [-0.1, -0.05) is 18.2 Å². The number of hydrogen-bond donors (Lipinski definition) is 1. The molecule has 0 N–H and O–H groups in total. The number of benzene rings is 1. The molecule has 0 radical (unpaired) electrons. The fourth-order valence-electron chi connectivity index (χ4n) is 0.728. The van der Waals surface area contributed by atoms with Crippen LogP contribution in [-0.4, -0.2) is 5.75 Å². The molecular weight excluding hydrogens is 172 g/mol. The first kappa shape index (κ1) is 8.75. The van der Waals surface area contributed by atoms with E-state index in [1.54, 1.807) is 11.8 Å². The van der Waals surface area contributed by atoms with Gasteiger partial charge in [-0.15, -0.1) is 31.0 Å². The molecular formula is C9H10S2. The lowest BCUT2D eigenvalue weighted by atomic mass is 10.4. The molecule has 1 aromatic rings. The Balaban J connectivity index is 2.69. The van der Waals surface area contributed by atoms with Crippen molar-refractivity contribution in [2.75, 3.05) is 5.75 Å². The van der Waals surface area contributed by atoms with E-state index in [0.29, 0.717) is 0 Å². The third kappa shape index (κ3) is 2.64. The van der Waals surface area contributed by atoms with Gasteiger partial charge in [0.05, 0.1) is 0 Å². The molecule has 0 aliphatic carbocycles. The standard InChI is InChI=1S/C9H10S2/c1-2-7-11-9-6-4-3-5-8(9)10/h2-6,10H,1,7H2. The summed E-state index contributed by atoms with van der Waals surface area (Å²) in [5.74, 6) is 0.942. The van der Waals surface area contributed by atoms with Crippen molar-refractivity contribution in [1.82, 2.24) is 0 Å². The molecule has 0 spiro atoms. The van der Waals surface area contributed by atoms with Gasteiger partial charge in [-0.25, -0.2) is 0 Å². The summed E-state index contributed by atoms with van der Waals surface area (Å²) in [6.45, 7) is 3.66. The highest BCUT2D eigenvalue weighted by atomic mass is 32.2. The lowest BCUT2D eigenvalue weighted by Gasteiger charge is -2.00. The molecule has 0 unspecified atom stereocenters. The highest BCUT2D eigenvalue weighted by Crippen LogP contribution is 2.24. The van der Waals surface area contributed by atoms with E-state index in [9.17, 15) is 0 Å². The Bertz CT molecular complexity index is 243. The van der Waals surface area contributed by atoms with Gasteiger partial charge in [0.2, 0.25) is 0 Å². The van der Waals surface area contributed by atoms with Crippen LogP contribution in [0.1, 0.15) is 0 Å². The first-order chi connectivity index (χ1) is 5.34. The lowest BCUT2D eigenvalue weighted by Crippen LogP contribution is -1.75. The lowest BCUT2D eigenvalue weighted by molar-refractivity contribution is 1.26. The second kappa shape index (κ2) is 4.52. The van der Waals surface area contributed by atoms with Gasteiger partial charge in [-0.2, -0.15) is 0 Å². The molecule has 0 nitrogen and oxygen atoms in total. The highest BCUT2D eigenvalue weighted by molar-refractivity contribution is 7.99. The van der Waals surface area contributed by atoms with Crippen LogP contribution in [0.3, 0.4) is 0 Å². The maximum absolute atomic E-state index is 4.32. The third-order valence-electron chi connectivity index (χ3n) is 1.22. The van der Waals surface area contributed by atoms with Crippen molar-refractivity contribution < 1.29 is 0 Å². The van der Waals surface area contributed by atoms with E-state index in [1.165, 1.54) is 4.90 Å². The largest absolute Gasteiger partial charge is 0.142 e. The van der Waals surface area contributed by atoms with Crippen LogP contribution in [0.15, 0.2) is 46.7 Å². The van der Waals surface area contributed by atoms with Gasteiger partial charge in [0.25, 0.3) is 0 Å². The third-order valence-corrected chi connectivity index (χ3v) is 2.83. The molecule has 2 heteroatoms. The summed E-state index contributed by atoms with van der Waals surface area (Å²) >= 11 is 6.07. The summed E-state index contributed by atoms with van der Waals surface area (Å²) in [6.07, 6.45) is 1.89. The minimum atomic E-state index is 0.942. The Morgan fingerprint density at radius 2 is 2.18 bits per heavy atom. The molecule has 1 aromatic carbocycles. The first-order valence-corrected chi connectivity index (χ1v) is 4.79. The maximum Gasteiger partial charge on any atom is 0.0209 e. The Morgan fingerprint density at radius 3 is 2.82 bits per heavy atom. The van der Waals surface area contributed by atoms with E-state index in [-0.39, 0.29) is 0 Å². The van der Waals surface area contributed by atoms with Crippen LogP contribution in [0.4, 0.5) is 0 Å². The fourth-order valence-corrected chi connectivity index (χ4v) is 1.77. The second-order valence-electron chi connectivity index (χ2n) is 2.07. The average molecular weight is 182 g/mol. The minimum absolute atomic E-state index is 0.942. The average Bonchev–Trinajstić information content (AvgIpc) is 2.03. The Morgan fingerprint density at radius 1 is 1.45 bits per heavy atom. The summed E-state index contributed by atoms with van der Waals surface area (Å²) in [5.41, 5.74) is 0. The van der Waals surface area contributed by atoms with Crippen molar-refractivity contribution in [3.63, 3.8) is 0 Å². The number of hydrogen-bond acceptors (Lipinski definition) is 2. The van der Waals surface area contributed by atoms with Crippen LogP contribution >= 0.6 is 24.4 Å². The van der Waals surface area contributed by atoms with Crippen molar-refractivity contribution in [3.05, 3.63) is 36.9 Å². The van der Waals surface area contributed by atoms with Crippen LogP contribution in [0.2, 0.25) is 0 Å². The highest BCUT2D eigenvalue weighted by Gasteiger charge is 1.94. The van der Waals surface area contributed by atoms with Crippen LogP contribution in [0, 0.1) is 0 Å². The molecule has 0 saturated heterocycles. The van der Waals surface area contributed by atoms with Crippen LogP contribution in [-0.2, 0) is 0 Å². The number of thioether (sulfide) groups is 1. The Hall–Kier alpha value is -0.340. The van der Waals surface area contributed by atoms with Gasteiger partial charge in [0, 0.05) is 15.5 Å². The fraction of sp³-hybridized carbons (Fsp3) is 0.111. The van der Waals surface area contributed by atoms with E-state index in [4.69, 9.17) is 0 Å². The quantitative estimate of drug-likeness (QED) is 0.425. The zero-order valence-corrected chi connectivity index (χ0v) is 7.87. The van der Waals surface area contributed by atoms with Crippen molar-refractivity contribution in [2.24, 2.45) is 0 Å². The van der Waals surface area contributed by atoms with Crippen molar-refractivity contribution in [3.8, 4) is 0 Å².